The van der Waals surface area contributed by atoms with Gasteiger partial charge in [0.15, 0.2) is 0 Å². The number of carbonyl (C=O) groups excluding carboxylic acids is 2. The maximum absolute atomic E-state index is 12.7. The minimum Gasteiger partial charge on any atom is -0.479 e. The van der Waals surface area contributed by atoms with Crippen LogP contribution in [0.1, 0.15) is 26.3 Å². The second kappa shape index (κ2) is 7.10. The Bertz CT molecular complexity index is 903. The molecule has 140 valence electrons. The molecule has 2 aromatic carbocycles. The normalized spacial score (nSPS) is 15.2. The lowest BCUT2D eigenvalue weighted by Crippen LogP contribution is -2.71. The van der Waals surface area contributed by atoms with E-state index in [0.717, 1.165) is 24.3 Å². The number of hydrogen-bond donors (Lipinski definition) is 4. The molecule has 27 heavy (non-hydrogen) atoms. The average molecular weight is 372 g/mol. The Balaban J connectivity index is 2.70. The Labute approximate surface area is 153 Å². The molecule has 8 nitrogen and oxygen atoms in total. The van der Waals surface area contributed by atoms with Crippen molar-refractivity contribution >= 4 is 23.5 Å². The number of carboxylic acids is 2. The number of hydrogen-bond acceptors (Lipinski definition) is 6. The zero-order valence-electron chi connectivity index (χ0n) is 14.1. The fraction of sp³-hybridized carbons (Fsp3) is 0.158. The number of aliphatic carboxylic acids is 2. The third-order valence-electron chi connectivity index (χ3n) is 4.15. The summed E-state index contributed by atoms with van der Waals surface area (Å²) < 4.78 is 0. The molecule has 2 atom stereocenters. The lowest BCUT2D eigenvalue weighted by molar-refractivity contribution is -0.187. The maximum atomic E-state index is 12.7. The van der Waals surface area contributed by atoms with Crippen molar-refractivity contribution in [3.63, 3.8) is 0 Å². The van der Waals surface area contributed by atoms with Gasteiger partial charge in [-0.3, -0.25) is 9.59 Å². The number of carbonyl (C=O) groups is 4. The first kappa shape index (κ1) is 20.0. The van der Waals surface area contributed by atoms with Crippen LogP contribution in [-0.2, 0) is 9.59 Å². The highest BCUT2D eigenvalue weighted by molar-refractivity contribution is 6.28. The second-order valence-electron chi connectivity index (χ2n) is 5.92. The van der Waals surface area contributed by atoms with E-state index in [9.17, 15) is 39.6 Å². The van der Waals surface area contributed by atoms with Crippen LogP contribution < -0.4 is 0 Å². The van der Waals surface area contributed by atoms with Gasteiger partial charge < -0.3 is 20.4 Å². The summed E-state index contributed by atoms with van der Waals surface area (Å²) in [5.74, 6) is -8.02. The van der Waals surface area contributed by atoms with Gasteiger partial charge in [-0.2, -0.15) is 0 Å². The van der Waals surface area contributed by atoms with Crippen LogP contribution in [0, 0.1) is 6.92 Å². The monoisotopic (exact) mass is 372 g/mol. The van der Waals surface area contributed by atoms with Crippen LogP contribution in [0.15, 0.2) is 54.6 Å². The summed E-state index contributed by atoms with van der Waals surface area (Å²) in [5.41, 5.74) is -7.98. The Morgan fingerprint density at radius 3 is 1.41 bits per heavy atom. The standard InChI is InChI=1S/C19H16O8/c1-11-7-9-13(10-8-11)15(21)19(27,17(24)25)18(26,16(22)23)14(20)12-5-3-2-4-6-12/h2-10,26-27H,1H3,(H,22,23)(H,24,25). The van der Waals surface area contributed by atoms with Crippen LogP contribution in [0.3, 0.4) is 0 Å². The van der Waals surface area contributed by atoms with Gasteiger partial charge in [0.1, 0.15) is 0 Å². The zero-order valence-corrected chi connectivity index (χ0v) is 14.1. The first-order valence-corrected chi connectivity index (χ1v) is 7.69. The lowest BCUT2D eigenvalue weighted by Gasteiger charge is -2.34. The van der Waals surface area contributed by atoms with Crippen molar-refractivity contribution in [2.45, 2.75) is 18.1 Å². The average Bonchev–Trinajstić information content (AvgIpc) is 2.66. The van der Waals surface area contributed by atoms with Gasteiger partial charge in [0, 0.05) is 11.1 Å². The minimum absolute atomic E-state index is 0.383. The van der Waals surface area contributed by atoms with Gasteiger partial charge in [0.2, 0.25) is 11.6 Å². The fourth-order valence-electron chi connectivity index (χ4n) is 2.54. The Morgan fingerprint density at radius 1 is 0.667 bits per heavy atom. The van der Waals surface area contributed by atoms with Gasteiger partial charge in [0.25, 0.3) is 11.2 Å². The summed E-state index contributed by atoms with van der Waals surface area (Å²) in [6, 6.07) is 11.6. The predicted octanol–water partition coefficient (Wildman–Crippen LogP) is 0.692. The molecule has 0 bridgehead atoms. The Morgan fingerprint density at radius 2 is 1.04 bits per heavy atom. The maximum Gasteiger partial charge on any atom is 0.348 e. The number of aliphatic hydroxyl groups is 2. The molecule has 2 rings (SSSR count). The second-order valence-corrected chi connectivity index (χ2v) is 5.92. The molecule has 2 aromatic rings. The molecule has 0 aliphatic rings. The van der Waals surface area contributed by atoms with E-state index in [1.54, 1.807) is 6.92 Å². The van der Waals surface area contributed by atoms with E-state index < -0.39 is 40.3 Å². The minimum atomic E-state index is -3.96. The van der Waals surface area contributed by atoms with Crippen LogP contribution in [0.5, 0.6) is 0 Å². The highest BCUT2D eigenvalue weighted by Gasteiger charge is 2.69. The SMILES string of the molecule is Cc1ccc(C(=O)C(O)(C(=O)O)C(O)(C(=O)O)C(=O)c2ccccc2)cc1. The molecule has 0 aromatic heterocycles. The summed E-state index contributed by atoms with van der Waals surface area (Å²) in [5, 5.41) is 40.1. The van der Waals surface area contributed by atoms with Crippen LogP contribution in [0.2, 0.25) is 0 Å². The summed E-state index contributed by atoms with van der Waals surface area (Å²) in [7, 11) is 0. The number of benzene rings is 2. The smallest absolute Gasteiger partial charge is 0.348 e. The van der Waals surface area contributed by atoms with E-state index in [1.807, 2.05) is 0 Å². The molecule has 0 heterocycles. The molecule has 0 fully saturated rings. The quantitative estimate of drug-likeness (QED) is 0.410. The first-order valence-electron chi connectivity index (χ1n) is 7.69. The third-order valence-corrected chi connectivity index (χ3v) is 4.15. The largest absolute Gasteiger partial charge is 0.479 e. The van der Waals surface area contributed by atoms with E-state index in [0.29, 0.717) is 5.56 Å². The Kier molecular flexibility index (Phi) is 5.25. The van der Waals surface area contributed by atoms with Crippen LogP contribution in [-0.4, -0.2) is 55.1 Å². The van der Waals surface area contributed by atoms with Crippen molar-refractivity contribution in [3.8, 4) is 0 Å². The van der Waals surface area contributed by atoms with Gasteiger partial charge in [-0.15, -0.1) is 0 Å². The molecule has 0 radical (unpaired) electrons. The van der Waals surface area contributed by atoms with Crippen LogP contribution >= 0.6 is 0 Å². The van der Waals surface area contributed by atoms with Crippen LogP contribution in [0.25, 0.3) is 0 Å². The summed E-state index contributed by atoms with van der Waals surface area (Å²) in [4.78, 5) is 48.8. The lowest BCUT2D eigenvalue weighted by atomic mass is 9.73. The summed E-state index contributed by atoms with van der Waals surface area (Å²) in [6.45, 7) is 1.68. The molecular weight excluding hydrogens is 356 g/mol. The molecule has 0 aliphatic heterocycles. The molecule has 4 N–H and O–H groups in total. The number of Topliss-reactive ketones (excluding diaryl/α,β-unsaturated/α-hetero) is 2. The first-order chi connectivity index (χ1) is 12.6. The van der Waals surface area contributed by atoms with Crippen molar-refractivity contribution in [3.05, 3.63) is 71.3 Å². The molecular formula is C19H16O8. The van der Waals surface area contributed by atoms with Crippen molar-refractivity contribution in [1.82, 2.24) is 0 Å². The molecule has 8 heteroatoms. The molecule has 0 saturated heterocycles. The number of rotatable bonds is 7. The zero-order chi connectivity index (χ0) is 20.4. The van der Waals surface area contributed by atoms with E-state index >= 15 is 0 Å². The predicted molar refractivity (Wildman–Crippen MR) is 91.5 cm³/mol. The van der Waals surface area contributed by atoms with Crippen molar-refractivity contribution in [2.24, 2.45) is 0 Å². The third kappa shape index (κ3) is 3.12. The van der Waals surface area contributed by atoms with E-state index in [1.165, 1.54) is 30.3 Å². The van der Waals surface area contributed by atoms with Crippen molar-refractivity contribution in [1.29, 1.82) is 0 Å². The molecule has 0 amide bonds. The van der Waals surface area contributed by atoms with Gasteiger partial charge in [-0.25, -0.2) is 9.59 Å². The number of ketones is 2. The fourth-order valence-corrected chi connectivity index (χ4v) is 2.54. The van der Waals surface area contributed by atoms with Gasteiger partial charge >= 0.3 is 11.9 Å². The summed E-state index contributed by atoms with van der Waals surface area (Å²) in [6.07, 6.45) is 0. The number of carboxylic acid groups (broad SMARTS) is 2. The van der Waals surface area contributed by atoms with E-state index in [-0.39, 0.29) is 5.56 Å². The highest BCUT2D eigenvalue weighted by Crippen LogP contribution is 2.31. The Hall–Kier alpha value is -3.36. The van der Waals surface area contributed by atoms with Gasteiger partial charge in [0.05, 0.1) is 0 Å². The van der Waals surface area contributed by atoms with Crippen molar-refractivity contribution in [2.75, 3.05) is 0 Å². The van der Waals surface area contributed by atoms with Crippen LogP contribution in [0.4, 0.5) is 0 Å². The van der Waals surface area contributed by atoms with E-state index in [2.05, 4.69) is 0 Å². The molecule has 0 spiro atoms. The summed E-state index contributed by atoms with van der Waals surface area (Å²) >= 11 is 0. The molecule has 2 unspecified atom stereocenters. The molecule has 0 aliphatic carbocycles. The van der Waals surface area contributed by atoms with Crippen molar-refractivity contribution < 1.29 is 39.6 Å². The van der Waals surface area contributed by atoms with E-state index in [4.69, 9.17) is 0 Å². The van der Waals surface area contributed by atoms with Gasteiger partial charge in [-0.05, 0) is 6.92 Å². The molecule has 0 saturated carbocycles. The topological polar surface area (TPSA) is 149 Å². The van der Waals surface area contributed by atoms with Gasteiger partial charge in [-0.1, -0.05) is 60.2 Å². The number of aryl methyl sites for hydroxylation is 1. The highest BCUT2D eigenvalue weighted by atomic mass is 16.5.